The van der Waals surface area contributed by atoms with E-state index in [1.807, 2.05) is 45.0 Å². The van der Waals surface area contributed by atoms with E-state index in [1.165, 1.54) is 5.56 Å². The molecule has 1 aliphatic rings. The van der Waals surface area contributed by atoms with Crippen molar-refractivity contribution in [3.05, 3.63) is 52.3 Å². The third-order valence-electron chi connectivity index (χ3n) is 4.68. The SMILES string of the molecule is Cc1cc(C[C@@H]2CN(C(=O)c3ccc(C)c(C)c3)C[C@@H]2O)n[nH]1. The molecule has 2 aromatic rings. The molecular formula is C18H23N3O2. The predicted octanol–water partition coefficient (Wildman–Crippen LogP) is 2.01. The summed E-state index contributed by atoms with van der Waals surface area (Å²) in [4.78, 5) is 14.4. The van der Waals surface area contributed by atoms with Crippen LogP contribution in [0.5, 0.6) is 0 Å². The Morgan fingerprint density at radius 1 is 1.26 bits per heavy atom. The fourth-order valence-corrected chi connectivity index (χ4v) is 3.13. The third-order valence-corrected chi connectivity index (χ3v) is 4.68. The van der Waals surface area contributed by atoms with E-state index in [0.29, 0.717) is 25.1 Å². The van der Waals surface area contributed by atoms with Gasteiger partial charge in [-0.05, 0) is 56.5 Å². The van der Waals surface area contributed by atoms with Gasteiger partial charge in [-0.15, -0.1) is 0 Å². The highest BCUT2D eigenvalue weighted by Gasteiger charge is 2.34. The number of likely N-dealkylation sites (tertiary alicyclic amines) is 1. The number of nitrogens with zero attached hydrogens (tertiary/aromatic N) is 2. The molecule has 1 aliphatic heterocycles. The number of aliphatic hydroxyl groups is 1. The van der Waals surface area contributed by atoms with Gasteiger partial charge in [-0.1, -0.05) is 6.07 Å². The van der Waals surface area contributed by atoms with Crippen molar-refractivity contribution in [1.82, 2.24) is 15.1 Å². The van der Waals surface area contributed by atoms with Crippen LogP contribution >= 0.6 is 0 Å². The highest BCUT2D eigenvalue weighted by molar-refractivity contribution is 5.94. The van der Waals surface area contributed by atoms with Crippen molar-refractivity contribution in [2.45, 2.75) is 33.3 Å². The number of benzene rings is 1. The van der Waals surface area contributed by atoms with E-state index in [1.54, 1.807) is 4.90 Å². The molecule has 5 heteroatoms. The van der Waals surface area contributed by atoms with E-state index in [4.69, 9.17) is 0 Å². The number of hydrogen-bond donors (Lipinski definition) is 2. The second-order valence-electron chi connectivity index (χ2n) is 6.58. The van der Waals surface area contributed by atoms with Crippen molar-refractivity contribution in [3.63, 3.8) is 0 Å². The van der Waals surface area contributed by atoms with Gasteiger partial charge in [0.15, 0.2) is 0 Å². The van der Waals surface area contributed by atoms with Gasteiger partial charge < -0.3 is 10.0 Å². The molecule has 0 aliphatic carbocycles. The van der Waals surface area contributed by atoms with E-state index in [0.717, 1.165) is 17.0 Å². The molecule has 2 N–H and O–H groups in total. The maximum Gasteiger partial charge on any atom is 0.253 e. The fourth-order valence-electron chi connectivity index (χ4n) is 3.13. The van der Waals surface area contributed by atoms with E-state index in [9.17, 15) is 9.90 Å². The molecule has 2 heterocycles. The number of hydrogen-bond acceptors (Lipinski definition) is 3. The Kier molecular flexibility index (Phi) is 4.22. The van der Waals surface area contributed by atoms with Crippen LogP contribution in [0.25, 0.3) is 0 Å². The number of β-amino-alcohol motifs (C(OH)–C–C–N with tert-alkyl or cyclic N) is 1. The van der Waals surface area contributed by atoms with Gasteiger partial charge in [0.25, 0.3) is 5.91 Å². The zero-order valence-electron chi connectivity index (χ0n) is 13.8. The molecule has 23 heavy (non-hydrogen) atoms. The van der Waals surface area contributed by atoms with Crippen molar-refractivity contribution in [2.75, 3.05) is 13.1 Å². The Labute approximate surface area is 136 Å². The number of aromatic amines is 1. The standard InChI is InChI=1S/C18H23N3O2/c1-11-4-5-14(6-12(11)2)18(23)21-9-15(17(22)10-21)8-16-7-13(3)19-20-16/h4-7,15,17,22H,8-10H2,1-3H3,(H,19,20)/t15-,17+/m1/s1. The molecule has 0 bridgehead atoms. The molecule has 122 valence electrons. The largest absolute Gasteiger partial charge is 0.391 e. The molecule has 1 aromatic heterocycles. The van der Waals surface area contributed by atoms with Crippen molar-refractivity contribution >= 4 is 5.91 Å². The second-order valence-corrected chi connectivity index (χ2v) is 6.58. The van der Waals surface area contributed by atoms with Gasteiger partial charge in [0.2, 0.25) is 0 Å². The summed E-state index contributed by atoms with van der Waals surface area (Å²) in [5.41, 5.74) is 4.92. The fraction of sp³-hybridized carbons (Fsp3) is 0.444. The molecule has 0 unspecified atom stereocenters. The van der Waals surface area contributed by atoms with Gasteiger partial charge >= 0.3 is 0 Å². The van der Waals surface area contributed by atoms with Crippen LogP contribution in [0.15, 0.2) is 24.3 Å². The van der Waals surface area contributed by atoms with Crippen LogP contribution < -0.4 is 0 Å². The maximum absolute atomic E-state index is 12.7. The van der Waals surface area contributed by atoms with Gasteiger partial charge in [-0.25, -0.2) is 0 Å². The lowest BCUT2D eigenvalue weighted by molar-refractivity contribution is 0.0764. The number of nitrogens with one attached hydrogen (secondary N) is 1. The summed E-state index contributed by atoms with van der Waals surface area (Å²) in [5.74, 6) is 0.0288. The van der Waals surface area contributed by atoms with Crippen LogP contribution in [-0.2, 0) is 6.42 Å². The average molecular weight is 313 g/mol. The summed E-state index contributed by atoms with van der Waals surface area (Å²) < 4.78 is 0. The average Bonchev–Trinajstić information content (AvgIpc) is 3.08. The first-order valence-electron chi connectivity index (χ1n) is 7.99. The molecule has 3 rings (SSSR count). The summed E-state index contributed by atoms with van der Waals surface area (Å²) in [6.07, 6.45) is 0.185. The van der Waals surface area contributed by atoms with Gasteiger partial charge in [-0.2, -0.15) is 5.10 Å². The number of aliphatic hydroxyl groups excluding tert-OH is 1. The topological polar surface area (TPSA) is 69.2 Å². The van der Waals surface area contributed by atoms with Crippen LogP contribution in [-0.4, -0.2) is 45.3 Å². The van der Waals surface area contributed by atoms with Gasteiger partial charge in [0, 0.05) is 30.3 Å². The number of H-pyrrole nitrogens is 1. The van der Waals surface area contributed by atoms with E-state index in [2.05, 4.69) is 10.2 Å². The van der Waals surface area contributed by atoms with Crippen LogP contribution in [0.1, 0.15) is 32.9 Å². The summed E-state index contributed by atoms with van der Waals surface area (Å²) in [6.45, 7) is 6.95. The molecule has 0 spiro atoms. The Balaban J connectivity index is 1.69. The normalized spacial score (nSPS) is 21.0. The molecule has 1 aromatic carbocycles. The molecule has 2 atom stereocenters. The Bertz CT molecular complexity index is 723. The Morgan fingerprint density at radius 2 is 2.04 bits per heavy atom. The lowest BCUT2D eigenvalue weighted by Gasteiger charge is -2.16. The molecule has 1 amide bonds. The highest BCUT2D eigenvalue weighted by Crippen LogP contribution is 2.23. The number of carbonyl (C=O) groups excluding carboxylic acids is 1. The lowest BCUT2D eigenvalue weighted by Crippen LogP contribution is -2.29. The van der Waals surface area contributed by atoms with E-state index in [-0.39, 0.29) is 11.8 Å². The molecular weight excluding hydrogens is 290 g/mol. The summed E-state index contributed by atoms with van der Waals surface area (Å²) in [7, 11) is 0. The predicted molar refractivity (Wildman–Crippen MR) is 88.3 cm³/mol. The van der Waals surface area contributed by atoms with E-state index < -0.39 is 6.10 Å². The van der Waals surface area contributed by atoms with Crippen molar-refractivity contribution in [2.24, 2.45) is 5.92 Å². The zero-order valence-corrected chi connectivity index (χ0v) is 13.8. The summed E-state index contributed by atoms with van der Waals surface area (Å²) >= 11 is 0. The van der Waals surface area contributed by atoms with Gasteiger partial charge in [-0.3, -0.25) is 9.89 Å². The van der Waals surface area contributed by atoms with E-state index >= 15 is 0 Å². The van der Waals surface area contributed by atoms with Crippen LogP contribution in [0, 0.1) is 26.7 Å². The number of carbonyl (C=O) groups is 1. The molecule has 0 radical (unpaired) electrons. The first-order chi connectivity index (χ1) is 10.9. The third kappa shape index (κ3) is 3.29. The number of amides is 1. The van der Waals surface area contributed by atoms with Crippen LogP contribution in [0.4, 0.5) is 0 Å². The minimum absolute atomic E-state index is 0.00661. The quantitative estimate of drug-likeness (QED) is 0.911. The molecule has 1 saturated heterocycles. The monoisotopic (exact) mass is 313 g/mol. The molecule has 5 nitrogen and oxygen atoms in total. The van der Waals surface area contributed by atoms with Crippen molar-refractivity contribution in [3.8, 4) is 0 Å². The molecule has 1 fully saturated rings. The number of aryl methyl sites for hydroxylation is 3. The number of rotatable bonds is 3. The first kappa shape index (κ1) is 15.7. The zero-order chi connectivity index (χ0) is 16.6. The minimum Gasteiger partial charge on any atom is -0.391 e. The Hall–Kier alpha value is -2.14. The van der Waals surface area contributed by atoms with Crippen molar-refractivity contribution < 1.29 is 9.90 Å². The summed E-state index contributed by atoms with van der Waals surface area (Å²) in [5, 5.41) is 17.4. The Morgan fingerprint density at radius 3 is 2.70 bits per heavy atom. The lowest BCUT2D eigenvalue weighted by atomic mass is 10.00. The summed E-state index contributed by atoms with van der Waals surface area (Å²) in [6, 6.07) is 7.75. The van der Waals surface area contributed by atoms with Crippen LogP contribution in [0.3, 0.4) is 0 Å². The number of aromatic nitrogens is 2. The van der Waals surface area contributed by atoms with Crippen LogP contribution in [0.2, 0.25) is 0 Å². The molecule has 0 saturated carbocycles. The maximum atomic E-state index is 12.7. The van der Waals surface area contributed by atoms with Gasteiger partial charge in [0.05, 0.1) is 11.8 Å². The smallest absolute Gasteiger partial charge is 0.253 e. The minimum atomic E-state index is -0.498. The first-order valence-corrected chi connectivity index (χ1v) is 7.99. The second kappa shape index (κ2) is 6.16. The van der Waals surface area contributed by atoms with Crippen molar-refractivity contribution in [1.29, 1.82) is 0 Å². The van der Waals surface area contributed by atoms with Gasteiger partial charge in [0.1, 0.15) is 0 Å². The highest BCUT2D eigenvalue weighted by atomic mass is 16.3.